The summed E-state index contributed by atoms with van der Waals surface area (Å²) >= 11 is 0.974. The van der Waals surface area contributed by atoms with Gasteiger partial charge in [-0.3, -0.25) is 14.9 Å². The van der Waals surface area contributed by atoms with Crippen LogP contribution in [-0.4, -0.2) is 52.2 Å². The maximum atomic E-state index is 12.0. The molecule has 0 saturated carbocycles. The van der Waals surface area contributed by atoms with Crippen molar-refractivity contribution in [2.24, 2.45) is 0 Å². The second-order valence-corrected chi connectivity index (χ2v) is 9.64. The van der Waals surface area contributed by atoms with E-state index in [-0.39, 0.29) is 5.92 Å². The zero-order valence-electron chi connectivity index (χ0n) is 14.4. The van der Waals surface area contributed by atoms with Crippen molar-refractivity contribution in [1.82, 2.24) is 24.5 Å². The minimum absolute atomic E-state index is 0.104. The second-order valence-electron chi connectivity index (χ2n) is 6.67. The summed E-state index contributed by atoms with van der Waals surface area (Å²) in [5, 5.41) is 4.13. The molecular weight excluding hydrogens is 370 g/mol. The van der Waals surface area contributed by atoms with Gasteiger partial charge in [-0.05, 0) is 37.1 Å². The summed E-state index contributed by atoms with van der Waals surface area (Å²) in [6, 6.07) is 6.14. The number of rotatable bonds is 4. The summed E-state index contributed by atoms with van der Waals surface area (Å²) in [6.45, 7) is 2.57. The standard InChI is InChI=1S/C17H19N5O2S2/c1-26(23,24)17-16(20-21-25-17)13-3-2-8-22(11-13)10-12-4-5-14-15(9-12)19-7-6-18-14/h4-7,9,13H,2-3,8,10-11H2,1H3/t13-/m0/s1. The zero-order valence-corrected chi connectivity index (χ0v) is 16.0. The van der Waals surface area contributed by atoms with Crippen LogP contribution in [0.25, 0.3) is 11.0 Å². The van der Waals surface area contributed by atoms with Crippen LogP contribution >= 0.6 is 11.5 Å². The van der Waals surface area contributed by atoms with Gasteiger partial charge < -0.3 is 0 Å². The second kappa shape index (κ2) is 6.98. The van der Waals surface area contributed by atoms with Crippen molar-refractivity contribution in [3.63, 3.8) is 0 Å². The maximum absolute atomic E-state index is 12.0. The average molecular weight is 390 g/mol. The Morgan fingerprint density at radius 3 is 2.85 bits per heavy atom. The topological polar surface area (TPSA) is 88.9 Å². The van der Waals surface area contributed by atoms with Crippen molar-refractivity contribution in [2.45, 2.75) is 29.5 Å². The van der Waals surface area contributed by atoms with Gasteiger partial charge in [-0.1, -0.05) is 10.6 Å². The van der Waals surface area contributed by atoms with Gasteiger partial charge in [0, 0.05) is 49.2 Å². The monoisotopic (exact) mass is 389 g/mol. The molecule has 2 aromatic heterocycles. The Labute approximate surface area is 156 Å². The van der Waals surface area contributed by atoms with E-state index in [4.69, 9.17) is 0 Å². The molecular formula is C17H19N5O2S2. The molecule has 1 atom stereocenters. The molecule has 0 N–H and O–H groups in total. The third kappa shape index (κ3) is 3.60. The summed E-state index contributed by atoms with van der Waals surface area (Å²) in [7, 11) is -3.28. The Morgan fingerprint density at radius 2 is 2.04 bits per heavy atom. The van der Waals surface area contributed by atoms with Gasteiger partial charge in [-0.15, -0.1) is 5.10 Å². The lowest BCUT2D eigenvalue weighted by atomic mass is 9.95. The van der Waals surface area contributed by atoms with E-state index in [1.165, 1.54) is 11.8 Å². The number of benzene rings is 1. The van der Waals surface area contributed by atoms with Crippen molar-refractivity contribution >= 4 is 32.4 Å². The fourth-order valence-electron chi connectivity index (χ4n) is 3.48. The molecule has 1 saturated heterocycles. The van der Waals surface area contributed by atoms with Crippen molar-refractivity contribution in [2.75, 3.05) is 19.3 Å². The first-order valence-electron chi connectivity index (χ1n) is 8.45. The summed E-state index contributed by atoms with van der Waals surface area (Å²) in [5.41, 5.74) is 3.59. The summed E-state index contributed by atoms with van der Waals surface area (Å²) in [5.74, 6) is 0.104. The molecule has 0 unspecified atom stereocenters. The van der Waals surface area contributed by atoms with Crippen LogP contribution in [0.1, 0.15) is 30.0 Å². The summed E-state index contributed by atoms with van der Waals surface area (Å²) in [4.78, 5) is 11.0. The van der Waals surface area contributed by atoms with Crippen molar-refractivity contribution < 1.29 is 8.42 Å². The molecule has 0 amide bonds. The van der Waals surface area contributed by atoms with E-state index in [9.17, 15) is 8.42 Å². The van der Waals surface area contributed by atoms with E-state index >= 15 is 0 Å². The van der Waals surface area contributed by atoms with Crippen LogP contribution in [0.3, 0.4) is 0 Å². The van der Waals surface area contributed by atoms with Crippen LogP contribution in [0.4, 0.5) is 0 Å². The quantitative estimate of drug-likeness (QED) is 0.676. The van der Waals surface area contributed by atoms with E-state index < -0.39 is 9.84 Å². The smallest absolute Gasteiger partial charge is 0.188 e. The number of aromatic nitrogens is 4. The molecule has 4 rings (SSSR count). The molecule has 0 bridgehead atoms. The molecule has 0 radical (unpaired) electrons. The zero-order chi connectivity index (χ0) is 18.1. The lowest BCUT2D eigenvalue weighted by Crippen LogP contribution is -2.34. The van der Waals surface area contributed by atoms with Gasteiger partial charge >= 0.3 is 0 Å². The summed E-state index contributed by atoms with van der Waals surface area (Å²) in [6.07, 6.45) is 6.57. The van der Waals surface area contributed by atoms with Crippen LogP contribution in [0.5, 0.6) is 0 Å². The fourth-order valence-corrected chi connectivity index (χ4v) is 5.22. The van der Waals surface area contributed by atoms with E-state index in [0.717, 1.165) is 55.0 Å². The van der Waals surface area contributed by atoms with Crippen LogP contribution in [0, 0.1) is 0 Å². The van der Waals surface area contributed by atoms with Crippen molar-refractivity contribution in [3.05, 3.63) is 41.9 Å². The minimum atomic E-state index is -3.28. The number of hydrogen-bond acceptors (Lipinski definition) is 8. The Hall–Kier alpha value is -1.97. The number of nitrogens with zero attached hydrogens (tertiary/aromatic N) is 5. The molecule has 1 aliphatic heterocycles. The molecule has 0 aliphatic carbocycles. The molecule has 7 nitrogen and oxygen atoms in total. The lowest BCUT2D eigenvalue weighted by molar-refractivity contribution is 0.197. The minimum Gasteiger partial charge on any atom is -0.298 e. The number of piperidine rings is 1. The predicted octanol–water partition coefficient (Wildman–Crippen LogP) is 2.26. The first-order chi connectivity index (χ1) is 12.5. The largest absolute Gasteiger partial charge is 0.298 e. The van der Waals surface area contributed by atoms with Gasteiger partial charge in [0.15, 0.2) is 14.0 Å². The van der Waals surface area contributed by atoms with Crippen molar-refractivity contribution in [3.8, 4) is 0 Å². The Bertz CT molecular complexity index is 1030. The highest BCUT2D eigenvalue weighted by Gasteiger charge is 2.29. The molecule has 136 valence electrons. The molecule has 3 aromatic rings. The van der Waals surface area contributed by atoms with Gasteiger partial charge in [-0.25, -0.2) is 8.42 Å². The highest BCUT2D eigenvalue weighted by Crippen LogP contribution is 2.32. The molecule has 3 heterocycles. The van der Waals surface area contributed by atoms with Gasteiger partial charge in [0.1, 0.15) is 0 Å². The SMILES string of the molecule is CS(=O)(=O)c1snnc1[C@H]1CCCN(Cc2ccc3nccnc3c2)C1. The van der Waals surface area contributed by atoms with Gasteiger partial charge in [0.2, 0.25) is 0 Å². The number of hydrogen-bond donors (Lipinski definition) is 0. The highest BCUT2D eigenvalue weighted by atomic mass is 32.2. The van der Waals surface area contributed by atoms with E-state index in [1.54, 1.807) is 12.4 Å². The molecule has 9 heteroatoms. The number of fused-ring (bicyclic) bond motifs is 1. The number of sulfone groups is 1. The third-order valence-corrected chi connectivity index (χ3v) is 7.20. The predicted molar refractivity (Wildman–Crippen MR) is 99.8 cm³/mol. The number of likely N-dealkylation sites (tertiary alicyclic amines) is 1. The van der Waals surface area contributed by atoms with Crippen LogP contribution in [0.2, 0.25) is 0 Å². The molecule has 0 spiro atoms. The normalized spacial score (nSPS) is 19.0. The Kier molecular flexibility index (Phi) is 4.68. The molecule has 1 aromatic carbocycles. The first kappa shape index (κ1) is 17.4. The van der Waals surface area contributed by atoms with Crippen LogP contribution in [0.15, 0.2) is 34.8 Å². The summed E-state index contributed by atoms with van der Waals surface area (Å²) < 4.78 is 28.1. The van der Waals surface area contributed by atoms with Crippen molar-refractivity contribution in [1.29, 1.82) is 0 Å². The highest BCUT2D eigenvalue weighted by molar-refractivity contribution is 7.92. The van der Waals surface area contributed by atoms with Gasteiger partial charge in [0.05, 0.1) is 16.7 Å². The lowest BCUT2D eigenvalue weighted by Gasteiger charge is -2.32. The fraction of sp³-hybridized carbons (Fsp3) is 0.412. The van der Waals surface area contributed by atoms with Crippen LogP contribution < -0.4 is 0 Å². The van der Waals surface area contributed by atoms with E-state index in [2.05, 4.69) is 36.6 Å². The first-order valence-corrected chi connectivity index (χ1v) is 11.1. The molecule has 1 fully saturated rings. The third-order valence-electron chi connectivity index (χ3n) is 4.65. The van der Waals surface area contributed by atoms with Gasteiger partial charge in [0.25, 0.3) is 0 Å². The average Bonchev–Trinajstić information content (AvgIpc) is 3.12. The molecule has 26 heavy (non-hydrogen) atoms. The van der Waals surface area contributed by atoms with Gasteiger partial charge in [-0.2, -0.15) is 0 Å². The van der Waals surface area contributed by atoms with Crippen LogP contribution in [-0.2, 0) is 16.4 Å². The maximum Gasteiger partial charge on any atom is 0.188 e. The Morgan fingerprint density at radius 1 is 1.23 bits per heavy atom. The van der Waals surface area contributed by atoms with E-state index in [1.807, 2.05) is 6.07 Å². The molecule has 1 aliphatic rings. The van der Waals surface area contributed by atoms with E-state index in [0.29, 0.717) is 9.90 Å². The Balaban J connectivity index is 1.52.